The first-order valence-corrected chi connectivity index (χ1v) is 6.00. The Balaban J connectivity index is 2.43. The smallest absolute Gasteiger partial charge is 0.310 e. The number of carbonyl (C=O) groups is 1. The van der Waals surface area contributed by atoms with E-state index in [1.54, 1.807) is 20.8 Å². The van der Waals surface area contributed by atoms with Crippen LogP contribution in [-0.2, 0) is 11.3 Å². The fourth-order valence-electron chi connectivity index (χ4n) is 1.69. The number of pyridine rings is 1. The van der Waals surface area contributed by atoms with Gasteiger partial charge in [-0.25, -0.2) is 4.68 Å². The molecule has 0 fully saturated rings. The van der Waals surface area contributed by atoms with Gasteiger partial charge in [0.05, 0.1) is 17.5 Å². The molecule has 0 saturated heterocycles. The molecule has 0 radical (unpaired) electrons. The van der Waals surface area contributed by atoms with Crippen LogP contribution in [0.4, 0.5) is 0 Å². The van der Waals surface area contributed by atoms with Gasteiger partial charge in [0.2, 0.25) is 0 Å². The fraction of sp³-hybridized carbons (Fsp3) is 0.417. The van der Waals surface area contributed by atoms with Crippen molar-refractivity contribution in [1.82, 2.24) is 25.2 Å². The van der Waals surface area contributed by atoms with Crippen molar-refractivity contribution in [2.24, 2.45) is 5.41 Å². The Bertz CT molecular complexity index is 701. The van der Waals surface area contributed by atoms with Crippen molar-refractivity contribution >= 4 is 5.97 Å². The molecule has 2 aromatic rings. The first-order valence-electron chi connectivity index (χ1n) is 6.00. The Morgan fingerprint density at radius 2 is 2.20 bits per heavy atom. The summed E-state index contributed by atoms with van der Waals surface area (Å²) in [5.41, 5.74) is -0.224. The number of H-pyrrole nitrogens is 1. The van der Waals surface area contributed by atoms with Crippen molar-refractivity contribution in [3.05, 3.63) is 28.2 Å². The molecule has 0 atom stereocenters. The second kappa shape index (κ2) is 4.87. The third-order valence-corrected chi connectivity index (χ3v) is 2.95. The molecule has 2 aromatic heterocycles. The highest BCUT2D eigenvalue weighted by Crippen LogP contribution is 2.20. The highest BCUT2D eigenvalue weighted by atomic mass is 16.4. The summed E-state index contributed by atoms with van der Waals surface area (Å²) in [4.78, 5) is 26.0. The number of tetrazole rings is 1. The summed E-state index contributed by atoms with van der Waals surface area (Å²) in [6, 6.07) is 1.44. The molecule has 0 amide bonds. The van der Waals surface area contributed by atoms with Gasteiger partial charge >= 0.3 is 5.97 Å². The van der Waals surface area contributed by atoms with E-state index in [9.17, 15) is 9.59 Å². The van der Waals surface area contributed by atoms with E-state index in [0.717, 1.165) is 5.69 Å². The number of aromatic amines is 1. The molecule has 2 rings (SSSR count). The van der Waals surface area contributed by atoms with Crippen LogP contribution >= 0.6 is 0 Å². The van der Waals surface area contributed by atoms with Gasteiger partial charge in [-0.05, 0) is 31.2 Å². The van der Waals surface area contributed by atoms with Crippen LogP contribution in [0.2, 0.25) is 0 Å². The van der Waals surface area contributed by atoms with Crippen LogP contribution in [0.25, 0.3) is 11.4 Å². The van der Waals surface area contributed by atoms with Crippen molar-refractivity contribution in [3.8, 4) is 11.4 Å². The molecule has 0 aliphatic carbocycles. The number of hydrogen-bond acceptors (Lipinski definition) is 5. The molecular weight excluding hydrogens is 262 g/mol. The molecule has 0 aromatic carbocycles. The van der Waals surface area contributed by atoms with Gasteiger partial charge in [-0.3, -0.25) is 9.59 Å². The van der Waals surface area contributed by atoms with Gasteiger partial charge in [-0.15, -0.1) is 5.10 Å². The normalized spacial score (nSPS) is 11.6. The molecule has 0 aliphatic rings. The Morgan fingerprint density at radius 1 is 1.50 bits per heavy atom. The molecule has 0 aliphatic heterocycles. The quantitative estimate of drug-likeness (QED) is 0.838. The van der Waals surface area contributed by atoms with E-state index in [1.165, 1.54) is 16.9 Å². The highest BCUT2D eigenvalue weighted by molar-refractivity contribution is 5.73. The minimum absolute atomic E-state index is 0.0674. The van der Waals surface area contributed by atoms with Crippen LogP contribution in [0.1, 0.15) is 19.5 Å². The van der Waals surface area contributed by atoms with Gasteiger partial charge in [0.25, 0.3) is 0 Å². The molecule has 0 saturated carbocycles. The van der Waals surface area contributed by atoms with E-state index in [0.29, 0.717) is 5.56 Å². The molecule has 0 bridgehead atoms. The maximum atomic E-state index is 11.9. The van der Waals surface area contributed by atoms with Crippen molar-refractivity contribution in [1.29, 1.82) is 0 Å². The second-order valence-electron chi connectivity index (χ2n) is 5.24. The van der Waals surface area contributed by atoms with Crippen LogP contribution in [0.3, 0.4) is 0 Å². The monoisotopic (exact) mass is 277 g/mol. The van der Waals surface area contributed by atoms with E-state index >= 15 is 0 Å². The summed E-state index contributed by atoms with van der Waals surface area (Å²) >= 11 is 0. The van der Waals surface area contributed by atoms with E-state index < -0.39 is 11.4 Å². The van der Waals surface area contributed by atoms with Gasteiger partial charge in [0.1, 0.15) is 0 Å². The third kappa shape index (κ3) is 2.58. The Labute approximate surface area is 114 Å². The number of rotatable bonds is 4. The van der Waals surface area contributed by atoms with Gasteiger partial charge in [-0.2, -0.15) is 0 Å². The third-order valence-electron chi connectivity index (χ3n) is 2.95. The van der Waals surface area contributed by atoms with Crippen LogP contribution < -0.4 is 5.43 Å². The lowest BCUT2D eigenvalue weighted by Crippen LogP contribution is -2.30. The van der Waals surface area contributed by atoms with Crippen molar-refractivity contribution in [3.63, 3.8) is 0 Å². The lowest BCUT2D eigenvalue weighted by Gasteiger charge is -2.18. The summed E-state index contributed by atoms with van der Waals surface area (Å²) < 4.78 is 1.33. The highest BCUT2D eigenvalue weighted by Gasteiger charge is 2.30. The van der Waals surface area contributed by atoms with Gasteiger partial charge in [0, 0.05) is 18.0 Å². The van der Waals surface area contributed by atoms with E-state index in [-0.39, 0.29) is 17.8 Å². The number of aromatic nitrogens is 5. The number of aliphatic carboxylic acids is 1. The predicted molar refractivity (Wildman–Crippen MR) is 70.0 cm³/mol. The summed E-state index contributed by atoms with van der Waals surface area (Å²) in [6.45, 7) is 4.97. The zero-order valence-corrected chi connectivity index (χ0v) is 11.4. The topological polar surface area (TPSA) is 114 Å². The summed E-state index contributed by atoms with van der Waals surface area (Å²) in [6.07, 6.45) is 1.52. The van der Waals surface area contributed by atoms with Crippen LogP contribution in [0, 0.1) is 12.3 Å². The standard InChI is InChI=1S/C12H15N5O3/c1-7-4-9(18)8(5-13-7)10-14-15-16-17(10)6-12(2,3)11(19)20/h4-5H,6H2,1-3H3,(H,13,18)(H,19,20). The Morgan fingerprint density at radius 3 is 2.80 bits per heavy atom. The number of nitrogens with one attached hydrogen (secondary N) is 1. The number of aryl methyl sites for hydroxylation is 1. The number of nitrogens with zero attached hydrogens (tertiary/aromatic N) is 4. The van der Waals surface area contributed by atoms with Crippen molar-refractivity contribution < 1.29 is 9.90 Å². The molecule has 0 spiro atoms. The predicted octanol–water partition coefficient (Wildman–Crippen LogP) is 0.448. The number of hydrogen-bond donors (Lipinski definition) is 2. The molecule has 2 N–H and O–H groups in total. The van der Waals surface area contributed by atoms with E-state index in [4.69, 9.17) is 5.11 Å². The lowest BCUT2D eigenvalue weighted by atomic mass is 9.94. The largest absolute Gasteiger partial charge is 0.481 e. The lowest BCUT2D eigenvalue weighted by molar-refractivity contribution is -0.147. The summed E-state index contributed by atoms with van der Waals surface area (Å²) in [5, 5.41) is 20.2. The average Bonchev–Trinajstić information content (AvgIpc) is 2.76. The first kappa shape index (κ1) is 13.9. The van der Waals surface area contributed by atoms with Crippen molar-refractivity contribution in [2.75, 3.05) is 0 Å². The van der Waals surface area contributed by atoms with Crippen LogP contribution in [0.15, 0.2) is 17.1 Å². The first-order chi connectivity index (χ1) is 9.31. The van der Waals surface area contributed by atoms with Gasteiger partial charge in [-0.1, -0.05) is 0 Å². The summed E-state index contributed by atoms with van der Waals surface area (Å²) in [5.74, 6) is -0.711. The maximum absolute atomic E-state index is 11.9. The molecule has 106 valence electrons. The average molecular weight is 277 g/mol. The minimum Gasteiger partial charge on any atom is -0.481 e. The molecule has 20 heavy (non-hydrogen) atoms. The summed E-state index contributed by atoms with van der Waals surface area (Å²) in [7, 11) is 0. The minimum atomic E-state index is -1.04. The Kier molecular flexibility index (Phi) is 3.39. The van der Waals surface area contributed by atoms with Gasteiger partial charge < -0.3 is 10.1 Å². The number of carboxylic acids is 1. The second-order valence-corrected chi connectivity index (χ2v) is 5.24. The molecule has 8 nitrogen and oxygen atoms in total. The SMILES string of the molecule is Cc1cc(=O)c(-c2nnnn2CC(C)(C)C(=O)O)c[nH]1. The molecule has 0 unspecified atom stereocenters. The Hall–Kier alpha value is -2.51. The molecule has 8 heteroatoms. The van der Waals surface area contributed by atoms with E-state index in [1.807, 2.05) is 0 Å². The number of carboxylic acid groups (broad SMARTS) is 1. The van der Waals surface area contributed by atoms with Gasteiger partial charge in [0.15, 0.2) is 11.3 Å². The van der Waals surface area contributed by atoms with Crippen LogP contribution in [0.5, 0.6) is 0 Å². The zero-order valence-electron chi connectivity index (χ0n) is 11.4. The van der Waals surface area contributed by atoms with E-state index in [2.05, 4.69) is 20.5 Å². The molecule has 2 heterocycles. The molecular formula is C12H15N5O3. The fourth-order valence-corrected chi connectivity index (χ4v) is 1.69. The van der Waals surface area contributed by atoms with Crippen LogP contribution in [-0.4, -0.2) is 36.3 Å². The zero-order chi connectivity index (χ0) is 14.9. The van der Waals surface area contributed by atoms with Crippen molar-refractivity contribution in [2.45, 2.75) is 27.3 Å². The maximum Gasteiger partial charge on any atom is 0.310 e.